The first-order valence-corrected chi connectivity index (χ1v) is 8.20. The Morgan fingerprint density at radius 2 is 1.92 bits per heavy atom. The largest absolute Gasteiger partial charge is 0.444 e. The normalized spacial score (nSPS) is 13.7. The first-order chi connectivity index (χ1) is 12.0. The number of nitrogens with two attached hydrogens (primary N) is 2. The minimum Gasteiger partial charge on any atom is -0.444 e. The van der Waals surface area contributed by atoms with Gasteiger partial charge in [-0.2, -0.15) is 5.10 Å². The molecule has 1 unspecified atom stereocenters. The van der Waals surface area contributed by atoms with Crippen molar-refractivity contribution < 1.29 is 14.3 Å². The fourth-order valence-corrected chi connectivity index (χ4v) is 2.72. The number of hydrogen-bond acceptors (Lipinski definition) is 5. The highest BCUT2D eigenvalue weighted by Crippen LogP contribution is 2.34. The van der Waals surface area contributed by atoms with Gasteiger partial charge >= 0.3 is 6.09 Å². The minimum absolute atomic E-state index is 0.179. The Morgan fingerprint density at radius 1 is 1.27 bits per heavy atom. The van der Waals surface area contributed by atoms with Crippen molar-refractivity contribution in [3.63, 3.8) is 0 Å². The Balaban J connectivity index is 2.66. The Morgan fingerprint density at radius 3 is 2.38 bits per heavy atom. The van der Waals surface area contributed by atoms with Crippen molar-refractivity contribution in [2.24, 2.45) is 12.8 Å². The van der Waals surface area contributed by atoms with E-state index >= 15 is 0 Å². The van der Waals surface area contributed by atoms with E-state index in [1.165, 1.54) is 16.8 Å². The van der Waals surface area contributed by atoms with Crippen molar-refractivity contribution in [1.29, 1.82) is 0 Å². The van der Waals surface area contributed by atoms with Gasteiger partial charge in [0.25, 0.3) is 5.91 Å². The van der Waals surface area contributed by atoms with E-state index in [0.717, 1.165) is 0 Å². The number of anilines is 1. The van der Waals surface area contributed by atoms with Crippen LogP contribution >= 0.6 is 11.6 Å². The van der Waals surface area contributed by atoms with Crippen LogP contribution in [0.15, 0.2) is 30.5 Å². The fraction of sp³-hybridized carbons (Fsp3) is 0.353. The highest BCUT2D eigenvalue weighted by Gasteiger charge is 2.46. The summed E-state index contributed by atoms with van der Waals surface area (Å²) in [6.45, 7) is 5.11. The maximum atomic E-state index is 12.6. The van der Waals surface area contributed by atoms with Gasteiger partial charge in [-0.15, -0.1) is 0 Å². The lowest BCUT2D eigenvalue weighted by molar-refractivity contribution is -0.123. The fourth-order valence-electron chi connectivity index (χ4n) is 2.54. The van der Waals surface area contributed by atoms with Crippen LogP contribution < -0.4 is 16.8 Å². The Labute approximate surface area is 156 Å². The summed E-state index contributed by atoms with van der Waals surface area (Å²) in [7, 11) is 1.67. The number of benzene rings is 1. The number of nitrogens with zero attached hydrogens (tertiary/aromatic N) is 2. The lowest BCUT2D eigenvalue weighted by atomic mass is 9.84. The van der Waals surface area contributed by atoms with E-state index in [1.807, 2.05) is 0 Å². The van der Waals surface area contributed by atoms with E-state index in [9.17, 15) is 9.59 Å². The summed E-state index contributed by atoms with van der Waals surface area (Å²) in [5.74, 6) is -0.865. The van der Waals surface area contributed by atoms with Gasteiger partial charge in [0.2, 0.25) is 0 Å². The van der Waals surface area contributed by atoms with Gasteiger partial charge in [-0.25, -0.2) is 4.79 Å². The number of amides is 2. The van der Waals surface area contributed by atoms with Crippen LogP contribution in [0.2, 0.25) is 5.02 Å². The summed E-state index contributed by atoms with van der Waals surface area (Å²) in [6.07, 6.45) is 0.784. The molecule has 140 valence electrons. The highest BCUT2D eigenvalue weighted by atomic mass is 35.5. The lowest BCUT2D eigenvalue weighted by Crippen LogP contribution is -2.57. The molecule has 0 radical (unpaired) electrons. The molecule has 0 saturated carbocycles. The van der Waals surface area contributed by atoms with Crippen molar-refractivity contribution in [2.75, 3.05) is 5.73 Å². The number of alkyl carbamates (subject to hydrolysis) is 1. The number of nitrogens with one attached hydrogen (secondary N) is 1. The number of nitrogen functional groups attached to an aromatic ring is 1. The molecule has 0 bridgehead atoms. The van der Waals surface area contributed by atoms with Crippen LogP contribution in [-0.4, -0.2) is 27.4 Å². The molecule has 9 heteroatoms. The maximum absolute atomic E-state index is 12.6. The van der Waals surface area contributed by atoms with Gasteiger partial charge in [-0.3, -0.25) is 14.8 Å². The van der Waals surface area contributed by atoms with E-state index in [0.29, 0.717) is 5.02 Å². The summed E-state index contributed by atoms with van der Waals surface area (Å²) >= 11 is 5.96. The van der Waals surface area contributed by atoms with Gasteiger partial charge in [0, 0.05) is 29.5 Å². The summed E-state index contributed by atoms with van der Waals surface area (Å²) in [4.78, 5) is 25.1. The average Bonchev–Trinajstić information content (AvgIpc) is 2.90. The highest BCUT2D eigenvalue weighted by molar-refractivity contribution is 6.30. The second kappa shape index (κ2) is 6.87. The van der Waals surface area contributed by atoms with Gasteiger partial charge in [0.05, 0.1) is 0 Å². The quantitative estimate of drug-likeness (QED) is 0.699. The molecule has 5 N–H and O–H groups in total. The molecule has 1 aromatic carbocycles. The molecule has 1 atom stereocenters. The third-order valence-corrected chi connectivity index (χ3v) is 3.81. The third kappa shape index (κ3) is 3.91. The molecule has 2 aromatic rings. The van der Waals surface area contributed by atoms with Crippen LogP contribution in [0.5, 0.6) is 0 Å². The van der Waals surface area contributed by atoms with Gasteiger partial charge in [0.1, 0.15) is 11.3 Å². The number of hydrogen-bond donors (Lipinski definition) is 3. The number of aromatic nitrogens is 2. The van der Waals surface area contributed by atoms with Crippen LogP contribution in [0.1, 0.15) is 32.0 Å². The summed E-state index contributed by atoms with van der Waals surface area (Å²) in [5, 5.41) is 7.19. The van der Waals surface area contributed by atoms with E-state index < -0.39 is 23.1 Å². The number of halogens is 1. The molecule has 2 amide bonds. The molecule has 26 heavy (non-hydrogen) atoms. The maximum Gasteiger partial charge on any atom is 0.409 e. The zero-order chi connectivity index (χ0) is 19.7. The minimum atomic E-state index is -1.82. The van der Waals surface area contributed by atoms with Gasteiger partial charge in [0.15, 0.2) is 5.54 Å². The van der Waals surface area contributed by atoms with Gasteiger partial charge in [-0.05, 0) is 39.0 Å². The first kappa shape index (κ1) is 19.6. The summed E-state index contributed by atoms with van der Waals surface area (Å²) in [5.41, 5.74) is 9.82. The van der Waals surface area contributed by atoms with Gasteiger partial charge in [-0.1, -0.05) is 17.7 Å². The summed E-state index contributed by atoms with van der Waals surface area (Å²) in [6, 6.07) is 6.10. The van der Waals surface area contributed by atoms with Crippen LogP contribution in [0.25, 0.3) is 0 Å². The smallest absolute Gasteiger partial charge is 0.409 e. The number of carbonyl (C=O) groups is 2. The molecule has 0 aliphatic heterocycles. The standard InChI is InChI=1S/C17H22ClN5O3/c1-16(2,3)26-15(25)21-17(14(20)24,13-7-8-23(4)22-13)11-6-5-10(18)9-12(11)19/h5-9H,19H2,1-4H3,(H2,20,24)(H,21,25). The van der Waals surface area contributed by atoms with Crippen molar-refractivity contribution in [1.82, 2.24) is 15.1 Å². The van der Waals surface area contributed by atoms with Gasteiger partial charge < -0.3 is 16.2 Å². The zero-order valence-electron chi connectivity index (χ0n) is 15.0. The van der Waals surface area contributed by atoms with E-state index in [-0.39, 0.29) is 16.9 Å². The molecular formula is C17H22ClN5O3. The van der Waals surface area contributed by atoms with E-state index in [1.54, 1.807) is 46.1 Å². The van der Waals surface area contributed by atoms with Crippen LogP contribution in [0.4, 0.5) is 10.5 Å². The van der Waals surface area contributed by atoms with Crippen LogP contribution in [-0.2, 0) is 22.1 Å². The molecule has 0 aliphatic carbocycles. The Kier molecular flexibility index (Phi) is 5.18. The molecular weight excluding hydrogens is 358 g/mol. The number of carbonyl (C=O) groups excluding carboxylic acids is 2. The zero-order valence-corrected chi connectivity index (χ0v) is 15.8. The van der Waals surface area contributed by atoms with Crippen molar-refractivity contribution in [3.8, 4) is 0 Å². The molecule has 1 heterocycles. The molecule has 0 saturated heterocycles. The topological polar surface area (TPSA) is 125 Å². The SMILES string of the molecule is Cn1ccc(C(NC(=O)OC(C)(C)C)(C(N)=O)c2ccc(Cl)cc2N)n1. The molecule has 2 rings (SSSR count). The number of primary amides is 1. The predicted octanol–water partition coefficient (Wildman–Crippen LogP) is 1.91. The van der Waals surface area contributed by atoms with Crippen LogP contribution in [0.3, 0.4) is 0 Å². The molecule has 8 nitrogen and oxygen atoms in total. The molecule has 0 spiro atoms. The second-order valence-corrected chi connectivity index (χ2v) is 7.28. The second-order valence-electron chi connectivity index (χ2n) is 6.85. The number of aryl methyl sites for hydroxylation is 1. The monoisotopic (exact) mass is 379 g/mol. The predicted molar refractivity (Wildman–Crippen MR) is 98.4 cm³/mol. The Bertz CT molecular complexity index is 843. The lowest BCUT2D eigenvalue weighted by Gasteiger charge is -2.32. The summed E-state index contributed by atoms with van der Waals surface area (Å²) < 4.78 is 6.78. The third-order valence-electron chi connectivity index (χ3n) is 3.57. The number of rotatable bonds is 4. The van der Waals surface area contributed by atoms with E-state index in [2.05, 4.69) is 10.4 Å². The average molecular weight is 380 g/mol. The number of ether oxygens (including phenoxy) is 1. The molecule has 0 fully saturated rings. The Hall–Kier alpha value is -2.74. The van der Waals surface area contributed by atoms with Crippen molar-refractivity contribution in [3.05, 3.63) is 46.7 Å². The van der Waals surface area contributed by atoms with E-state index in [4.69, 9.17) is 27.8 Å². The first-order valence-electron chi connectivity index (χ1n) is 7.82. The van der Waals surface area contributed by atoms with Crippen molar-refractivity contribution >= 4 is 29.3 Å². The molecule has 1 aromatic heterocycles. The van der Waals surface area contributed by atoms with Crippen molar-refractivity contribution in [2.45, 2.75) is 31.9 Å². The van der Waals surface area contributed by atoms with Crippen LogP contribution in [0, 0.1) is 0 Å². The molecule has 0 aliphatic rings.